The number of carbonyl (C=O) groups excluding carboxylic acids is 1. The molecule has 1 amide bonds. The summed E-state index contributed by atoms with van der Waals surface area (Å²) in [5.74, 6) is 0.222. The Morgan fingerprint density at radius 2 is 2.12 bits per heavy atom. The van der Waals surface area contributed by atoms with Crippen molar-refractivity contribution < 1.29 is 9.90 Å². The van der Waals surface area contributed by atoms with Crippen molar-refractivity contribution in [2.45, 2.75) is 51.2 Å². The van der Waals surface area contributed by atoms with Gasteiger partial charge in [0.2, 0.25) is 5.91 Å². The molecule has 0 spiro atoms. The number of carbonyl (C=O) groups is 1. The molecule has 1 unspecified atom stereocenters. The second-order valence-electron chi connectivity index (χ2n) is 4.82. The molecule has 0 bridgehead atoms. The van der Waals surface area contributed by atoms with Crippen LogP contribution in [0.5, 0.6) is 0 Å². The molecule has 4 heteroatoms. The van der Waals surface area contributed by atoms with E-state index in [1.165, 1.54) is 0 Å². The molecular weight excluding hydrogens is 204 g/mol. The number of aliphatic hydroxyl groups is 1. The van der Waals surface area contributed by atoms with Crippen LogP contribution in [-0.2, 0) is 4.79 Å². The summed E-state index contributed by atoms with van der Waals surface area (Å²) in [7, 11) is 1.84. The normalized spacial score (nSPS) is 22.6. The van der Waals surface area contributed by atoms with Gasteiger partial charge in [0.15, 0.2) is 0 Å². The molecule has 0 aromatic heterocycles. The van der Waals surface area contributed by atoms with E-state index in [4.69, 9.17) is 0 Å². The Bertz CT molecular complexity index is 239. The molecule has 94 valence electrons. The maximum absolute atomic E-state index is 11.3. The Morgan fingerprint density at radius 3 is 2.62 bits per heavy atom. The second kappa shape index (κ2) is 5.64. The topological polar surface area (TPSA) is 52.6 Å². The van der Waals surface area contributed by atoms with Gasteiger partial charge in [-0.3, -0.25) is 4.79 Å². The molecule has 2 N–H and O–H groups in total. The molecule has 16 heavy (non-hydrogen) atoms. The number of likely N-dealkylation sites (N-methyl/N-ethyl adjacent to an activating group) is 1. The summed E-state index contributed by atoms with van der Waals surface area (Å²) in [5, 5.41) is 13.5. The minimum Gasteiger partial charge on any atom is -0.389 e. The van der Waals surface area contributed by atoms with Gasteiger partial charge in [-0.05, 0) is 19.3 Å². The van der Waals surface area contributed by atoms with Crippen LogP contribution >= 0.6 is 0 Å². The van der Waals surface area contributed by atoms with E-state index in [2.05, 4.69) is 5.32 Å². The Balaban J connectivity index is 2.36. The Hall–Kier alpha value is -0.610. The summed E-state index contributed by atoms with van der Waals surface area (Å²) in [6.07, 6.45) is 3.02. The van der Waals surface area contributed by atoms with E-state index in [9.17, 15) is 9.90 Å². The molecule has 4 nitrogen and oxygen atoms in total. The predicted octanol–water partition coefficient (Wildman–Crippen LogP) is 0.748. The van der Waals surface area contributed by atoms with Crippen molar-refractivity contribution in [3.05, 3.63) is 0 Å². The zero-order valence-corrected chi connectivity index (χ0v) is 10.6. The Labute approximate surface area is 98.0 Å². The van der Waals surface area contributed by atoms with Gasteiger partial charge in [0.05, 0.1) is 5.60 Å². The number of hydrogen-bond donors (Lipinski definition) is 2. The first kappa shape index (κ1) is 13.5. The monoisotopic (exact) mass is 228 g/mol. The highest BCUT2D eigenvalue weighted by atomic mass is 16.3. The third-order valence-corrected chi connectivity index (χ3v) is 3.66. The first-order valence-corrected chi connectivity index (χ1v) is 6.20. The number of nitrogens with zero attached hydrogens (tertiary/aromatic N) is 1. The lowest BCUT2D eigenvalue weighted by molar-refractivity contribution is -0.132. The average Bonchev–Trinajstić information content (AvgIpc) is 2.30. The molecular formula is C12H24N2O2. The molecule has 0 saturated carbocycles. The highest BCUT2D eigenvalue weighted by molar-refractivity contribution is 5.76. The van der Waals surface area contributed by atoms with Crippen molar-refractivity contribution >= 4 is 5.91 Å². The Kier molecular flexibility index (Phi) is 4.74. The van der Waals surface area contributed by atoms with Gasteiger partial charge in [-0.2, -0.15) is 0 Å². The number of nitrogens with one attached hydrogen (secondary N) is 1. The van der Waals surface area contributed by atoms with Crippen molar-refractivity contribution in [1.82, 2.24) is 10.2 Å². The maximum atomic E-state index is 11.3. The first-order valence-electron chi connectivity index (χ1n) is 6.20. The minimum atomic E-state index is -0.597. The average molecular weight is 228 g/mol. The van der Waals surface area contributed by atoms with Crippen LogP contribution in [0.25, 0.3) is 0 Å². The molecule has 1 atom stereocenters. The molecule has 0 aliphatic carbocycles. The molecule has 0 aromatic rings. The summed E-state index contributed by atoms with van der Waals surface area (Å²) in [5.41, 5.74) is -0.597. The van der Waals surface area contributed by atoms with Crippen LogP contribution in [0.3, 0.4) is 0 Å². The van der Waals surface area contributed by atoms with E-state index in [0.29, 0.717) is 19.0 Å². The van der Waals surface area contributed by atoms with E-state index < -0.39 is 5.60 Å². The van der Waals surface area contributed by atoms with Gasteiger partial charge in [0.25, 0.3) is 0 Å². The highest BCUT2D eigenvalue weighted by Gasteiger charge is 2.26. The molecule has 0 radical (unpaired) electrons. The van der Waals surface area contributed by atoms with Gasteiger partial charge in [-0.15, -0.1) is 0 Å². The minimum absolute atomic E-state index is 0.222. The van der Waals surface area contributed by atoms with E-state index in [1.807, 2.05) is 20.9 Å². The number of hydrogen-bond acceptors (Lipinski definition) is 3. The molecule has 1 aliphatic rings. The zero-order valence-electron chi connectivity index (χ0n) is 10.6. The molecule has 1 saturated heterocycles. The summed E-state index contributed by atoms with van der Waals surface area (Å²) in [6.45, 7) is 5.37. The SMILES string of the molecule is CCC(O)(CC)CNC1CCC(=O)N(C)C1. The smallest absolute Gasteiger partial charge is 0.222 e. The van der Waals surface area contributed by atoms with Gasteiger partial charge < -0.3 is 15.3 Å². The van der Waals surface area contributed by atoms with Crippen molar-refractivity contribution in [2.75, 3.05) is 20.1 Å². The second-order valence-corrected chi connectivity index (χ2v) is 4.82. The van der Waals surface area contributed by atoms with Crippen LogP contribution < -0.4 is 5.32 Å². The van der Waals surface area contributed by atoms with Crippen LogP contribution in [0, 0.1) is 0 Å². The fraction of sp³-hybridized carbons (Fsp3) is 0.917. The number of likely N-dealkylation sites (tertiary alicyclic amines) is 1. The molecule has 0 aromatic carbocycles. The van der Waals surface area contributed by atoms with Crippen molar-refractivity contribution in [1.29, 1.82) is 0 Å². The largest absolute Gasteiger partial charge is 0.389 e. The lowest BCUT2D eigenvalue weighted by Gasteiger charge is -2.33. The van der Waals surface area contributed by atoms with Gasteiger partial charge >= 0.3 is 0 Å². The van der Waals surface area contributed by atoms with E-state index >= 15 is 0 Å². The quantitative estimate of drug-likeness (QED) is 0.730. The van der Waals surface area contributed by atoms with Crippen LogP contribution in [0.4, 0.5) is 0 Å². The first-order chi connectivity index (χ1) is 7.50. The fourth-order valence-electron chi connectivity index (χ4n) is 2.01. The van der Waals surface area contributed by atoms with E-state index in [1.54, 1.807) is 4.90 Å². The lowest BCUT2D eigenvalue weighted by atomic mass is 9.96. The van der Waals surface area contributed by atoms with Crippen molar-refractivity contribution in [3.63, 3.8) is 0 Å². The summed E-state index contributed by atoms with van der Waals surface area (Å²) in [4.78, 5) is 13.1. The van der Waals surface area contributed by atoms with Gasteiger partial charge in [0.1, 0.15) is 0 Å². The van der Waals surface area contributed by atoms with E-state index in [-0.39, 0.29) is 5.91 Å². The Morgan fingerprint density at radius 1 is 1.50 bits per heavy atom. The molecule has 1 aliphatic heterocycles. The molecule has 1 rings (SSSR count). The number of amides is 1. The third-order valence-electron chi connectivity index (χ3n) is 3.66. The molecule has 1 heterocycles. The van der Waals surface area contributed by atoms with Gasteiger partial charge in [0, 0.05) is 32.6 Å². The molecule has 1 fully saturated rings. The third kappa shape index (κ3) is 3.46. The number of rotatable bonds is 5. The lowest BCUT2D eigenvalue weighted by Crippen LogP contribution is -2.51. The van der Waals surface area contributed by atoms with Gasteiger partial charge in [-0.1, -0.05) is 13.8 Å². The van der Waals surface area contributed by atoms with Crippen LogP contribution in [0.15, 0.2) is 0 Å². The predicted molar refractivity (Wildman–Crippen MR) is 64.2 cm³/mol. The van der Waals surface area contributed by atoms with Crippen LogP contribution in [-0.4, -0.2) is 47.7 Å². The standard InChI is InChI=1S/C12H24N2O2/c1-4-12(16,5-2)9-13-10-6-7-11(15)14(3)8-10/h10,13,16H,4-9H2,1-3H3. The van der Waals surface area contributed by atoms with Gasteiger partial charge in [-0.25, -0.2) is 0 Å². The van der Waals surface area contributed by atoms with Crippen LogP contribution in [0.2, 0.25) is 0 Å². The summed E-state index contributed by atoms with van der Waals surface area (Å²) >= 11 is 0. The number of piperidine rings is 1. The zero-order chi connectivity index (χ0) is 12.2. The van der Waals surface area contributed by atoms with E-state index in [0.717, 1.165) is 25.8 Å². The fourth-order valence-corrected chi connectivity index (χ4v) is 2.01. The van der Waals surface area contributed by atoms with Crippen molar-refractivity contribution in [3.8, 4) is 0 Å². The maximum Gasteiger partial charge on any atom is 0.222 e. The summed E-state index contributed by atoms with van der Waals surface area (Å²) in [6, 6.07) is 0.326. The summed E-state index contributed by atoms with van der Waals surface area (Å²) < 4.78 is 0. The van der Waals surface area contributed by atoms with Crippen LogP contribution in [0.1, 0.15) is 39.5 Å². The van der Waals surface area contributed by atoms with Crippen molar-refractivity contribution in [2.24, 2.45) is 0 Å². The highest BCUT2D eigenvalue weighted by Crippen LogP contribution is 2.15.